The van der Waals surface area contributed by atoms with Crippen LogP contribution in [0.25, 0.3) is 10.7 Å². The van der Waals surface area contributed by atoms with E-state index >= 15 is 0 Å². The van der Waals surface area contributed by atoms with Gasteiger partial charge >= 0.3 is 0 Å². The van der Waals surface area contributed by atoms with Gasteiger partial charge in [-0.3, -0.25) is 4.68 Å². The van der Waals surface area contributed by atoms with Crippen LogP contribution < -0.4 is 0 Å². The van der Waals surface area contributed by atoms with Crippen LogP contribution in [-0.4, -0.2) is 20.0 Å². The van der Waals surface area contributed by atoms with Crippen LogP contribution in [0.15, 0.2) is 12.3 Å². The summed E-state index contributed by atoms with van der Waals surface area (Å²) in [5.41, 5.74) is 0.914. The topological polar surface area (TPSA) is 43.6 Å². The summed E-state index contributed by atoms with van der Waals surface area (Å²) in [7, 11) is 1.91. The molecule has 0 saturated carbocycles. The van der Waals surface area contributed by atoms with Gasteiger partial charge in [0.05, 0.1) is 0 Å². The quantitative estimate of drug-likeness (QED) is 0.820. The lowest BCUT2D eigenvalue weighted by molar-refractivity contribution is 0.630. The third-order valence-electron chi connectivity index (χ3n) is 2.71. The molecule has 0 aliphatic rings. The van der Waals surface area contributed by atoms with E-state index < -0.39 is 0 Å². The summed E-state index contributed by atoms with van der Waals surface area (Å²) in [6.45, 7) is 4.38. The van der Waals surface area contributed by atoms with E-state index in [1.165, 1.54) is 0 Å². The Balaban J connectivity index is 2.25. The van der Waals surface area contributed by atoms with Gasteiger partial charge in [-0.1, -0.05) is 25.2 Å². The summed E-state index contributed by atoms with van der Waals surface area (Å²) >= 11 is 1.66. The zero-order valence-electron chi connectivity index (χ0n) is 9.84. The first kappa shape index (κ1) is 11.3. The van der Waals surface area contributed by atoms with Crippen molar-refractivity contribution >= 4 is 11.3 Å². The van der Waals surface area contributed by atoms with Gasteiger partial charge in [-0.05, 0) is 18.9 Å². The van der Waals surface area contributed by atoms with Crippen molar-refractivity contribution in [3.8, 4) is 10.7 Å². The van der Waals surface area contributed by atoms with E-state index in [4.69, 9.17) is 0 Å². The second kappa shape index (κ2) is 4.74. The minimum atomic E-state index is 0.537. The third kappa shape index (κ3) is 2.14. The van der Waals surface area contributed by atoms with Gasteiger partial charge < -0.3 is 0 Å². The SMILES string of the molecule is CCC(CC)c1nnc(-c2ccn(C)n2)s1. The van der Waals surface area contributed by atoms with Gasteiger partial charge in [0.15, 0.2) is 5.01 Å². The largest absolute Gasteiger partial charge is 0.275 e. The zero-order chi connectivity index (χ0) is 11.5. The van der Waals surface area contributed by atoms with Crippen molar-refractivity contribution in [2.45, 2.75) is 32.6 Å². The van der Waals surface area contributed by atoms with Crippen LogP contribution in [0.2, 0.25) is 0 Å². The molecule has 4 nitrogen and oxygen atoms in total. The van der Waals surface area contributed by atoms with Gasteiger partial charge in [0.2, 0.25) is 0 Å². The van der Waals surface area contributed by atoms with Gasteiger partial charge in [-0.15, -0.1) is 10.2 Å². The van der Waals surface area contributed by atoms with Crippen LogP contribution in [0.3, 0.4) is 0 Å². The molecule has 0 amide bonds. The average Bonchev–Trinajstić information content (AvgIpc) is 2.89. The molecular weight excluding hydrogens is 220 g/mol. The molecule has 0 unspecified atom stereocenters. The van der Waals surface area contributed by atoms with Crippen LogP contribution in [0.5, 0.6) is 0 Å². The maximum absolute atomic E-state index is 4.33. The monoisotopic (exact) mass is 236 g/mol. The van der Waals surface area contributed by atoms with E-state index in [2.05, 4.69) is 29.1 Å². The van der Waals surface area contributed by atoms with Gasteiger partial charge in [-0.2, -0.15) is 5.10 Å². The van der Waals surface area contributed by atoms with Crippen LogP contribution in [0.1, 0.15) is 37.6 Å². The van der Waals surface area contributed by atoms with Crippen molar-refractivity contribution in [2.24, 2.45) is 7.05 Å². The van der Waals surface area contributed by atoms with E-state index in [9.17, 15) is 0 Å². The molecule has 0 saturated heterocycles. The Morgan fingerprint density at radius 2 is 2.06 bits per heavy atom. The normalized spacial score (nSPS) is 11.2. The van der Waals surface area contributed by atoms with Gasteiger partial charge in [0, 0.05) is 19.2 Å². The van der Waals surface area contributed by atoms with Gasteiger partial charge in [0.25, 0.3) is 0 Å². The molecule has 2 rings (SSSR count). The standard InChI is InChI=1S/C11H16N4S/c1-4-8(5-2)10-12-13-11(16-10)9-6-7-15(3)14-9/h6-8H,4-5H2,1-3H3. The molecule has 0 aromatic carbocycles. The van der Waals surface area contributed by atoms with E-state index in [1.54, 1.807) is 16.0 Å². The molecule has 0 radical (unpaired) electrons. The fraction of sp³-hybridized carbons (Fsp3) is 0.545. The lowest BCUT2D eigenvalue weighted by atomic mass is 10.1. The number of nitrogens with zero attached hydrogens (tertiary/aromatic N) is 4. The first-order chi connectivity index (χ1) is 7.74. The van der Waals surface area contributed by atoms with Crippen molar-refractivity contribution < 1.29 is 0 Å². The molecule has 5 heteroatoms. The average molecular weight is 236 g/mol. The maximum Gasteiger partial charge on any atom is 0.168 e. The lowest BCUT2D eigenvalue weighted by Crippen LogP contribution is -1.93. The molecule has 2 aromatic heterocycles. The summed E-state index contributed by atoms with van der Waals surface area (Å²) in [4.78, 5) is 0. The number of hydrogen-bond acceptors (Lipinski definition) is 4. The van der Waals surface area contributed by atoms with Crippen molar-refractivity contribution in [3.05, 3.63) is 17.3 Å². The smallest absolute Gasteiger partial charge is 0.168 e. The predicted molar refractivity (Wildman–Crippen MR) is 65.4 cm³/mol. The summed E-state index contributed by atoms with van der Waals surface area (Å²) in [6.07, 6.45) is 4.16. The number of aryl methyl sites for hydroxylation is 1. The molecule has 16 heavy (non-hydrogen) atoms. The molecule has 0 fully saturated rings. The summed E-state index contributed by atoms with van der Waals surface area (Å²) < 4.78 is 1.79. The highest BCUT2D eigenvalue weighted by Gasteiger charge is 2.14. The summed E-state index contributed by atoms with van der Waals surface area (Å²) in [5.74, 6) is 0.537. The highest BCUT2D eigenvalue weighted by molar-refractivity contribution is 7.14. The van der Waals surface area contributed by atoms with E-state index in [1.807, 2.05) is 19.3 Å². The fourth-order valence-corrected chi connectivity index (χ4v) is 2.74. The summed E-state index contributed by atoms with van der Waals surface area (Å²) in [5, 5.41) is 14.9. The molecule has 0 atom stereocenters. The Labute approximate surface area is 99.3 Å². The van der Waals surface area contributed by atoms with Crippen LogP contribution >= 0.6 is 11.3 Å². The minimum absolute atomic E-state index is 0.537. The second-order valence-electron chi connectivity index (χ2n) is 3.83. The lowest BCUT2D eigenvalue weighted by Gasteiger charge is -2.05. The highest BCUT2D eigenvalue weighted by Crippen LogP contribution is 2.29. The molecule has 2 aromatic rings. The molecule has 86 valence electrons. The van der Waals surface area contributed by atoms with Crippen molar-refractivity contribution in [2.75, 3.05) is 0 Å². The molecule has 0 aliphatic carbocycles. The molecule has 0 aliphatic heterocycles. The van der Waals surface area contributed by atoms with Crippen LogP contribution in [0, 0.1) is 0 Å². The molecule has 0 bridgehead atoms. The molecular formula is C11H16N4S. The fourth-order valence-electron chi connectivity index (χ4n) is 1.67. The Bertz CT molecular complexity index is 456. The first-order valence-corrected chi connectivity index (χ1v) is 6.39. The van der Waals surface area contributed by atoms with Gasteiger partial charge in [-0.25, -0.2) is 0 Å². The van der Waals surface area contributed by atoms with E-state index in [0.717, 1.165) is 28.6 Å². The Morgan fingerprint density at radius 3 is 2.62 bits per heavy atom. The van der Waals surface area contributed by atoms with Gasteiger partial charge in [0.1, 0.15) is 10.7 Å². The third-order valence-corrected chi connectivity index (χ3v) is 3.82. The van der Waals surface area contributed by atoms with E-state index in [-0.39, 0.29) is 0 Å². The first-order valence-electron chi connectivity index (χ1n) is 5.58. The highest BCUT2D eigenvalue weighted by atomic mass is 32.1. The number of rotatable bonds is 4. The maximum atomic E-state index is 4.33. The van der Waals surface area contributed by atoms with Crippen LogP contribution in [-0.2, 0) is 7.05 Å². The van der Waals surface area contributed by atoms with E-state index in [0.29, 0.717) is 5.92 Å². The Hall–Kier alpha value is -1.23. The minimum Gasteiger partial charge on any atom is -0.275 e. The Morgan fingerprint density at radius 1 is 1.31 bits per heavy atom. The summed E-state index contributed by atoms with van der Waals surface area (Å²) in [6, 6.07) is 1.97. The molecule has 0 spiro atoms. The molecule has 2 heterocycles. The number of hydrogen-bond donors (Lipinski definition) is 0. The predicted octanol–water partition coefficient (Wildman–Crippen LogP) is 2.84. The molecule has 0 N–H and O–H groups in total. The van der Waals surface area contributed by atoms with Crippen molar-refractivity contribution in [3.63, 3.8) is 0 Å². The second-order valence-corrected chi connectivity index (χ2v) is 4.84. The number of aromatic nitrogens is 4. The van der Waals surface area contributed by atoms with Crippen molar-refractivity contribution in [1.29, 1.82) is 0 Å². The zero-order valence-corrected chi connectivity index (χ0v) is 10.7. The van der Waals surface area contributed by atoms with Crippen molar-refractivity contribution in [1.82, 2.24) is 20.0 Å². The van der Waals surface area contributed by atoms with Crippen LogP contribution in [0.4, 0.5) is 0 Å². The Kier molecular flexibility index (Phi) is 3.33.